The van der Waals surface area contributed by atoms with Crippen molar-refractivity contribution in [1.82, 2.24) is 19.6 Å². The standard InChI is InChI=1S/C33H34N6O/c40-32(24-34-23-26-9-3-1-4-10-26)35-28-16-14-27(15-17-28)33-30(39-18-8-7-13-31(39)36-33)25-37-19-21-38(22-20-37)29-11-5-2-6-12-29/h1-18,34H,19-25H2,(H,35,40). The van der Waals surface area contributed by atoms with Gasteiger partial charge in [-0.2, -0.15) is 0 Å². The van der Waals surface area contributed by atoms with Crippen molar-refractivity contribution in [2.45, 2.75) is 13.1 Å². The summed E-state index contributed by atoms with van der Waals surface area (Å²) in [5, 5.41) is 6.19. The molecular weight excluding hydrogens is 496 g/mol. The predicted molar refractivity (Wildman–Crippen MR) is 161 cm³/mol. The average Bonchev–Trinajstić information content (AvgIpc) is 3.37. The third-order valence-electron chi connectivity index (χ3n) is 7.40. The van der Waals surface area contributed by atoms with Crippen LogP contribution in [0, 0.1) is 0 Å². The van der Waals surface area contributed by atoms with Crippen LogP contribution in [0.2, 0.25) is 0 Å². The van der Waals surface area contributed by atoms with Gasteiger partial charge in [-0.05, 0) is 42.0 Å². The molecule has 3 aromatic carbocycles. The van der Waals surface area contributed by atoms with E-state index < -0.39 is 0 Å². The second kappa shape index (κ2) is 12.2. The summed E-state index contributed by atoms with van der Waals surface area (Å²) >= 11 is 0. The van der Waals surface area contributed by atoms with Gasteiger partial charge in [0, 0.05) is 62.4 Å². The van der Waals surface area contributed by atoms with Crippen molar-refractivity contribution < 1.29 is 4.79 Å². The third kappa shape index (κ3) is 6.06. The lowest BCUT2D eigenvalue weighted by atomic mass is 10.1. The molecule has 5 aromatic rings. The normalized spacial score (nSPS) is 13.9. The molecule has 0 saturated carbocycles. The molecule has 0 aliphatic carbocycles. The van der Waals surface area contributed by atoms with Crippen molar-refractivity contribution in [1.29, 1.82) is 0 Å². The monoisotopic (exact) mass is 530 g/mol. The molecule has 1 aliphatic rings. The van der Waals surface area contributed by atoms with Gasteiger partial charge in [-0.3, -0.25) is 9.69 Å². The number of amides is 1. The number of fused-ring (bicyclic) bond motifs is 1. The highest BCUT2D eigenvalue weighted by atomic mass is 16.1. The zero-order valence-corrected chi connectivity index (χ0v) is 22.5. The largest absolute Gasteiger partial charge is 0.369 e. The van der Waals surface area contributed by atoms with E-state index in [4.69, 9.17) is 4.98 Å². The molecule has 0 atom stereocenters. The summed E-state index contributed by atoms with van der Waals surface area (Å²) in [7, 11) is 0. The van der Waals surface area contributed by atoms with Crippen LogP contribution in [0.1, 0.15) is 11.3 Å². The molecule has 6 rings (SSSR count). The van der Waals surface area contributed by atoms with Gasteiger partial charge in [-0.15, -0.1) is 0 Å². The fourth-order valence-electron chi connectivity index (χ4n) is 5.28. The van der Waals surface area contributed by atoms with Gasteiger partial charge in [-0.1, -0.05) is 66.7 Å². The second-order valence-electron chi connectivity index (χ2n) is 10.1. The number of anilines is 2. The number of carbonyl (C=O) groups is 1. The molecule has 2 N–H and O–H groups in total. The van der Waals surface area contributed by atoms with E-state index in [1.807, 2.05) is 60.7 Å². The van der Waals surface area contributed by atoms with E-state index in [-0.39, 0.29) is 12.5 Å². The van der Waals surface area contributed by atoms with Gasteiger partial charge < -0.3 is 19.9 Å². The summed E-state index contributed by atoms with van der Waals surface area (Å²) in [5.41, 5.74) is 7.37. The van der Waals surface area contributed by atoms with Gasteiger partial charge in [0.05, 0.1) is 17.9 Å². The Hall–Kier alpha value is -4.46. The lowest BCUT2D eigenvalue weighted by Crippen LogP contribution is -2.46. The minimum absolute atomic E-state index is 0.0632. The molecular formula is C33H34N6O. The molecule has 0 bridgehead atoms. The van der Waals surface area contributed by atoms with E-state index in [9.17, 15) is 4.79 Å². The number of hydrogen-bond donors (Lipinski definition) is 2. The molecule has 1 amide bonds. The maximum atomic E-state index is 12.5. The summed E-state index contributed by atoms with van der Waals surface area (Å²) in [6.45, 7) is 5.75. The Kier molecular flexibility index (Phi) is 7.84. The summed E-state index contributed by atoms with van der Waals surface area (Å²) in [5.74, 6) is -0.0632. The Morgan fingerprint density at radius 2 is 1.48 bits per heavy atom. The van der Waals surface area contributed by atoms with E-state index in [2.05, 4.69) is 73.5 Å². The summed E-state index contributed by atoms with van der Waals surface area (Å²) < 4.78 is 2.20. The molecule has 0 unspecified atom stereocenters. The Morgan fingerprint density at radius 3 is 2.23 bits per heavy atom. The van der Waals surface area contributed by atoms with Crippen LogP contribution in [0.15, 0.2) is 109 Å². The molecule has 7 heteroatoms. The van der Waals surface area contributed by atoms with E-state index in [0.717, 1.165) is 60.9 Å². The number of rotatable bonds is 9. The van der Waals surface area contributed by atoms with Gasteiger partial charge in [0.2, 0.25) is 5.91 Å². The Labute approximate surface area is 235 Å². The predicted octanol–water partition coefficient (Wildman–Crippen LogP) is 5.05. The van der Waals surface area contributed by atoms with Gasteiger partial charge in [-0.25, -0.2) is 4.98 Å². The van der Waals surface area contributed by atoms with Crippen LogP contribution in [-0.2, 0) is 17.9 Å². The first-order valence-electron chi connectivity index (χ1n) is 13.9. The number of benzene rings is 3. The van der Waals surface area contributed by atoms with E-state index in [1.165, 1.54) is 11.4 Å². The topological polar surface area (TPSA) is 64.9 Å². The van der Waals surface area contributed by atoms with Crippen LogP contribution in [0.3, 0.4) is 0 Å². The number of carbonyl (C=O) groups excluding carboxylic acids is 1. The van der Waals surface area contributed by atoms with E-state index in [1.54, 1.807) is 0 Å². The number of nitrogens with one attached hydrogen (secondary N) is 2. The van der Waals surface area contributed by atoms with Crippen LogP contribution in [0.4, 0.5) is 11.4 Å². The van der Waals surface area contributed by atoms with E-state index in [0.29, 0.717) is 6.54 Å². The molecule has 1 saturated heterocycles. The number of nitrogens with zero attached hydrogens (tertiary/aromatic N) is 4. The first kappa shape index (κ1) is 25.8. The Bertz CT molecular complexity index is 1540. The van der Waals surface area contributed by atoms with Crippen molar-refractivity contribution >= 4 is 22.9 Å². The summed E-state index contributed by atoms with van der Waals surface area (Å²) in [6.07, 6.45) is 2.10. The Balaban J connectivity index is 1.11. The Morgan fingerprint density at radius 1 is 0.775 bits per heavy atom. The van der Waals surface area contributed by atoms with Gasteiger partial charge in [0.25, 0.3) is 0 Å². The maximum absolute atomic E-state index is 12.5. The number of piperazine rings is 1. The van der Waals surface area contributed by atoms with Crippen LogP contribution in [0.5, 0.6) is 0 Å². The quantitative estimate of drug-likeness (QED) is 0.279. The second-order valence-corrected chi connectivity index (χ2v) is 10.1. The summed E-state index contributed by atoms with van der Waals surface area (Å²) in [6, 6.07) is 34.9. The SMILES string of the molecule is O=C(CNCc1ccccc1)Nc1ccc(-c2nc3ccccn3c2CN2CCN(c3ccccc3)CC2)cc1. The minimum atomic E-state index is -0.0632. The first-order chi connectivity index (χ1) is 19.7. The van der Waals surface area contributed by atoms with Gasteiger partial charge >= 0.3 is 0 Å². The number of para-hydroxylation sites is 1. The fraction of sp³-hybridized carbons (Fsp3) is 0.212. The molecule has 0 radical (unpaired) electrons. The highest BCUT2D eigenvalue weighted by Gasteiger charge is 2.21. The maximum Gasteiger partial charge on any atom is 0.238 e. The van der Waals surface area contributed by atoms with Crippen molar-refractivity contribution in [3.63, 3.8) is 0 Å². The van der Waals surface area contributed by atoms with Crippen molar-refractivity contribution in [3.05, 3.63) is 121 Å². The minimum Gasteiger partial charge on any atom is -0.369 e. The molecule has 2 aromatic heterocycles. The highest BCUT2D eigenvalue weighted by molar-refractivity contribution is 5.92. The molecule has 1 aliphatic heterocycles. The van der Waals surface area contributed by atoms with Crippen LogP contribution in [-0.4, -0.2) is 52.9 Å². The van der Waals surface area contributed by atoms with Crippen LogP contribution in [0.25, 0.3) is 16.9 Å². The number of imidazole rings is 1. The molecule has 3 heterocycles. The first-order valence-corrected chi connectivity index (χ1v) is 13.9. The van der Waals surface area contributed by atoms with Crippen molar-refractivity contribution in [2.24, 2.45) is 0 Å². The average molecular weight is 531 g/mol. The van der Waals surface area contributed by atoms with E-state index >= 15 is 0 Å². The number of pyridine rings is 1. The molecule has 1 fully saturated rings. The third-order valence-corrected chi connectivity index (χ3v) is 7.40. The summed E-state index contributed by atoms with van der Waals surface area (Å²) in [4.78, 5) is 22.4. The smallest absolute Gasteiger partial charge is 0.238 e. The fourth-order valence-corrected chi connectivity index (χ4v) is 5.28. The van der Waals surface area contributed by atoms with Crippen LogP contribution >= 0.6 is 0 Å². The van der Waals surface area contributed by atoms with Crippen molar-refractivity contribution in [3.8, 4) is 11.3 Å². The van der Waals surface area contributed by atoms with Gasteiger partial charge in [0.1, 0.15) is 5.65 Å². The van der Waals surface area contributed by atoms with Crippen LogP contribution < -0.4 is 15.5 Å². The molecule has 0 spiro atoms. The van der Waals surface area contributed by atoms with Gasteiger partial charge in [0.15, 0.2) is 0 Å². The lowest BCUT2D eigenvalue weighted by molar-refractivity contribution is -0.115. The molecule has 202 valence electrons. The molecule has 7 nitrogen and oxygen atoms in total. The number of hydrogen-bond acceptors (Lipinski definition) is 5. The number of aromatic nitrogens is 2. The molecule has 40 heavy (non-hydrogen) atoms. The zero-order chi connectivity index (χ0) is 27.1. The zero-order valence-electron chi connectivity index (χ0n) is 22.5. The van der Waals surface area contributed by atoms with Crippen molar-refractivity contribution in [2.75, 3.05) is 42.9 Å². The highest BCUT2D eigenvalue weighted by Crippen LogP contribution is 2.28. The lowest BCUT2D eigenvalue weighted by Gasteiger charge is -2.36.